The Labute approximate surface area is 152 Å². The summed E-state index contributed by atoms with van der Waals surface area (Å²) in [6, 6.07) is 11.3. The third-order valence-electron chi connectivity index (χ3n) is 5.27. The maximum absolute atomic E-state index is 12.6. The molecule has 134 valence electrons. The molecule has 2 aliphatic rings. The van der Waals surface area contributed by atoms with Crippen LogP contribution in [0.3, 0.4) is 0 Å². The topological polar surface area (TPSA) is 35.6 Å². The van der Waals surface area contributed by atoms with Crippen LogP contribution < -0.4 is 5.32 Å². The molecule has 1 aromatic carbocycles. The molecule has 1 aromatic rings. The van der Waals surface area contributed by atoms with E-state index in [-0.39, 0.29) is 18.4 Å². The molecule has 0 aliphatic carbocycles. The number of likely N-dealkylation sites (tertiary alicyclic amines) is 1. The minimum absolute atomic E-state index is 0. The molecule has 2 unspecified atom stereocenters. The Morgan fingerprint density at radius 1 is 1.17 bits per heavy atom. The second kappa shape index (κ2) is 9.40. The summed E-state index contributed by atoms with van der Waals surface area (Å²) < 4.78 is 0. The smallest absolute Gasteiger partial charge is 0.239 e. The Hall–Kier alpha value is -1.10. The molecule has 2 atom stereocenters. The fourth-order valence-corrected chi connectivity index (χ4v) is 3.86. The summed E-state index contributed by atoms with van der Waals surface area (Å²) in [5, 5.41) is 3.34. The number of hydrogen-bond donors (Lipinski definition) is 1. The molecule has 2 saturated heterocycles. The van der Waals surface area contributed by atoms with Gasteiger partial charge in [-0.25, -0.2) is 0 Å². The van der Waals surface area contributed by atoms with Crippen molar-refractivity contribution < 1.29 is 4.79 Å². The average molecular weight is 352 g/mol. The van der Waals surface area contributed by atoms with E-state index >= 15 is 0 Å². The standard InChI is InChI=1S/C19H29N3O.ClH/c1-21(15-16-7-3-2-4-8-16)17-9-6-13-22(14-11-17)19(23)18-10-5-12-20-18;/h2-4,7-8,17-18,20H,5-6,9-15H2,1H3;1H. The van der Waals surface area contributed by atoms with Crippen molar-refractivity contribution in [1.29, 1.82) is 0 Å². The zero-order valence-corrected chi connectivity index (χ0v) is 15.4. The molecular weight excluding hydrogens is 322 g/mol. The molecule has 1 N–H and O–H groups in total. The molecule has 1 amide bonds. The van der Waals surface area contributed by atoms with E-state index < -0.39 is 0 Å². The third-order valence-corrected chi connectivity index (χ3v) is 5.27. The zero-order chi connectivity index (χ0) is 16.1. The van der Waals surface area contributed by atoms with Crippen molar-refractivity contribution in [2.45, 2.75) is 50.7 Å². The van der Waals surface area contributed by atoms with E-state index in [1.165, 1.54) is 12.0 Å². The summed E-state index contributed by atoms with van der Waals surface area (Å²) in [4.78, 5) is 17.1. The Kier molecular flexibility index (Phi) is 7.53. The number of amides is 1. The van der Waals surface area contributed by atoms with Crippen LogP contribution in [0.4, 0.5) is 0 Å². The van der Waals surface area contributed by atoms with Gasteiger partial charge in [-0.3, -0.25) is 9.69 Å². The maximum Gasteiger partial charge on any atom is 0.239 e. The number of rotatable bonds is 4. The summed E-state index contributed by atoms with van der Waals surface area (Å²) >= 11 is 0. The lowest BCUT2D eigenvalue weighted by atomic mass is 10.1. The molecular formula is C19H30ClN3O. The van der Waals surface area contributed by atoms with Gasteiger partial charge < -0.3 is 10.2 Å². The Morgan fingerprint density at radius 3 is 2.67 bits per heavy atom. The second-order valence-electron chi connectivity index (χ2n) is 6.96. The number of halogens is 1. The molecule has 3 rings (SSSR count). The van der Waals surface area contributed by atoms with Crippen molar-refractivity contribution in [1.82, 2.24) is 15.1 Å². The molecule has 0 spiro atoms. The molecule has 0 radical (unpaired) electrons. The lowest BCUT2D eigenvalue weighted by Crippen LogP contribution is -2.44. The van der Waals surface area contributed by atoms with Crippen molar-refractivity contribution in [3.8, 4) is 0 Å². The lowest BCUT2D eigenvalue weighted by molar-refractivity contribution is -0.133. The summed E-state index contributed by atoms with van der Waals surface area (Å²) in [5.41, 5.74) is 1.36. The highest BCUT2D eigenvalue weighted by atomic mass is 35.5. The van der Waals surface area contributed by atoms with Gasteiger partial charge in [-0.1, -0.05) is 30.3 Å². The van der Waals surface area contributed by atoms with Crippen molar-refractivity contribution in [2.75, 3.05) is 26.7 Å². The minimum Gasteiger partial charge on any atom is -0.341 e. The fraction of sp³-hybridized carbons (Fsp3) is 0.632. The normalized spacial score (nSPS) is 24.5. The van der Waals surface area contributed by atoms with Gasteiger partial charge in [0.2, 0.25) is 5.91 Å². The second-order valence-corrected chi connectivity index (χ2v) is 6.96. The van der Waals surface area contributed by atoms with E-state index in [0.29, 0.717) is 11.9 Å². The number of carbonyl (C=O) groups is 1. The minimum atomic E-state index is 0. The molecule has 0 bridgehead atoms. The van der Waals surface area contributed by atoms with E-state index in [2.05, 4.69) is 52.5 Å². The van der Waals surface area contributed by atoms with Crippen molar-refractivity contribution >= 4 is 18.3 Å². The van der Waals surface area contributed by atoms with E-state index in [0.717, 1.165) is 51.9 Å². The van der Waals surface area contributed by atoms with Gasteiger partial charge >= 0.3 is 0 Å². The van der Waals surface area contributed by atoms with E-state index in [1.54, 1.807) is 0 Å². The zero-order valence-electron chi connectivity index (χ0n) is 14.6. The molecule has 2 aliphatic heterocycles. The van der Waals surface area contributed by atoms with Gasteiger partial charge in [0, 0.05) is 25.7 Å². The van der Waals surface area contributed by atoms with Crippen LogP contribution in [0.2, 0.25) is 0 Å². The third kappa shape index (κ3) is 4.95. The lowest BCUT2D eigenvalue weighted by Gasteiger charge is -2.28. The van der Waals surface area contributed by atoms with Crippen molar-refractivity contribution in [3.63, 3.8) is 0 Å². The van der Waals surface area contributed by atoms with Crippen LogP contribution in [-0.4, -0.2) is 54.5 Å². The van der Waals surface area contributed by atoms with E-state index in [9.17, 15) is 4.79 Å². The van der Waals surface area contributed by atoms with Gasteiger partial charge in [-0.2, -0.15) is 0 Å². The van der Waals surface area contributed by atoms with E-state index in [4.69, 9.17) is 0 Å². The number of hydrogen-bond acceptors (Lipinski definition) is 3. The number of nitrogens with one attached hydrogen (secondary N) is 1. The molecule has 0 saturated carbocycles. The van der Waals surface area contributed by atoms with Crippen LogP contribution >= 0.6 is 12.4 Å². The maximum atomic E-state index is 12.6. The first-order valence-electron chi connectivity index (χ1n) is 9.00. The van der Waals surface area contributed by atoms with Crippen LogP contribution in [0, 0.1) is 0 Å². The quantitative estimate of drug-likeness (QED) is 0.905. The largest absolute Gasteiger partial charge is 0.341 e. The SMILES string of the molecule is CN(Cc1ccccc1)C1CCCN(C(=O)C2CCCN2)CC1.Cl. The van der Waals surface area contributed by atoms with E-state index in [1.807, 2.05) is 0 Å². The molecule has 2 heterocycles. The first-order chi connectivity index (χ1) is 11.2. The summed E-state index contributed by atoms with van der Waals surface area (Å²) in [5.74, 6) is 0.328. The number of nitrogens with zero attached hydrogens (tertiary/aromatic N) is 2. The highest BCUT2D eigenvalue weighted by molar-refractivity contribution is 5.85. The molecule has 24 heavy (non-hydrogen) atoms. The van der Waals surface area contributed by atoms with Gasteiger partial charge in [0.15, 0.2) is 0 Å². The fourth-order valence-electron chi connectivity index (χ4n) is 3.86. The van der Waals surface area contributed by atoms with Gasteiger partial charge in [0.05, 0.1) is 6.04 Å². The number of carbonyl (C=O) groups excluding carboxylic acids is 1. The van der Waals surface area contributed by atoms with Crippen LogP contribution in [0.15, 0.2) is 30.3 Å². The molecule has 2 fully saturated rings. The highest BCUT2D eigenvalue weighted by Gasteiger charge is 2.29. The van der Waals surface area contributed by atoms with Crippen molar-refractivity contribution in [3.05, 3.63) is 35.9 Å². The first-order valence-corrected chi connectivity index (χ1v) is 9.00. The summed E-state index contributed by atoms with van der Waals surface area (Å²) in [6.45, 7) is 3.81. The van der Waals surface area contributed by atoms with Crippen LogP contribution in [0.5, 0.6) is 0 Å². The molecule has 0 aromatic heterocycles. The average Bonchev–Trinajstić information content (AvgIpc) is 2.99. The highest BCUT2D eigenvalue weighted by Crippen LogP contribution is 2.19. The Bertz CT molecular complexity index is 505. The summed E-state index contributed by atoms with van der Waals surface area (Å²) in [6.07, 6.45) is 5.52. The van der Waals surface area contributed by atoms with Gasteiger partial charge in [-0.05, 0) is 51.3 Å². The Morgan fingerprint density at radius 2 is 1.96 bits per heavy atom. The monoisotopic (exact) mass is 351 g/mol. The Balaban J connectivity index is 0.00000208. The van der Waals surface area contributed by atoms with Gasteiger partial charge in [-0.15, -0.1) is 12.4 Å². The number of benzene rings is 1. The molecule has 4 nitrogen and oxygen atoms in total. The van der Waals surface area contributed by atoms with Crippen molar-refractivity contribution in [2.24, 2.45) is 0 Å². The summed E-state index contributed by atoms with van der Waals surface area (Å²) in [7, 11) is 2.22. The van der Waals surface area contributed by atoms with Crippen LogP contribution in [0.1, 0.15) is 37.7 Å². The van der Waals surface area contributed by atoms with Gasteiger partial charge in [0.1, 0.15) is 0 Å². The van der Waals surface area contributed by atoms with Gasteiger partial charge in [0.25, 0.3) is 0 Å². The van der Waals surface area contributed by atoms with Crippen LogP contribution in [0.25, 0.3) is 0 Å². The first kappa shape index (κ1) is 19.2. The molecule has 5 heteroatoms. The van der Waals surface area contributed by atoms with Crippen LogP contribution in [-0.2, 0) is 11.3 Å². The predicted octanol–water partition coefficient (Wildman–Crippen LogP) is 2.67. The predicted molar refractivity (Wildman–Crippen MR) is 100 cm³/mol.